The second-order valence-corrected chi connectivity index (χ2v) is 6.70. The summed E-state index contributed by atoms with van der Waals surface area (Å²) in [6, 6.07) is 17.1. The highest BCUT2D eigenvalue weighted by molar-refractivity contribution is 6.00. The molecule has 0 aromatic heterocycles. The number of nitro groups is 1. The highest BCUT2D eigenvalue weighted by atomic mass is 16.6. The third-order valence-corrected chi connectivity index (χ3v) is 4.49. The van der Waals surface area contributed by atoms with E-state index < -0.39 is 22.9 Å². The Labute approximate surface area is 183 Å². The monoisotopic (exact) mass is 435 g/mol. The van der Waals surface area contributed by atoms with Gasteiger partial charge in [-0.2, -0.15) is 0 Å². The first-order valence-electron chi connectivity index (χ1n) is 9.48. The minimum atomic E-state index is -1.04. The Kier molecular flexibility index (Phi) is 6.86. The highest BCUT2D eigenvalue weighted by Crippen LogP contribution is 2.27. The number of methoxy groups -OCH3 is 1. The zero-order valence-electron chi connectivity index (χ0n) is 17.1. The number of rotatable bonds is 7. The number of nitrogens with one attached hydrogen (secondary N) is 3. The second kappa shape index (κ2) is 9.94. The number of carbonyl (C=O) groups excluding carboxylic acids is 2. The summed E-state index contributed by atoms with van der Waals surface area (Å²) in [5.74, 6) is -0.124. The molecule has 10 nitrogen and oxygen atoms in total. The standard InChI is InChI=1S/C22H21N5O5/c1-32-19-12-7-15(23)13-18(19)25-22(29)26-20(14-5-3-2-4-6-14)21(28)24-16-8-10-17(11-9-16)27(30)31/h2-13,20H,23H2,1H3,(H,24,28)(H2,25,26,29). The quantitative estimate of drug-likeness (QED) is 0.253. The molecule has 0 aliphatic rings. The van der Waals surface area contributed by atoms with Crippen LogP contribution in [0.4, 0.5) is 27.5 Å². The van der Waals surface area contributed by atoms with E-state index in [2.05, 4.69) is 16.0 Å². The molecular weight excluding hydrogens is 414 g/mol. The zero-order chi connectivity index (χ0) is 23.1. The van der Waals surface area contributed by atoms with E-state index in [-0.39, 0.29) is 5.69 Å². The van der Waals surface area contributed by atoms with Gasteiger partial charge in [0, 0.05) is 23.5 Å². The van der Waals surface area contributed by atoms with E-state index >= 15 is 0 Å². The van der Waals surface area contributed by atoms with Crippen LogP contribution in [-0.4, -0.2) is 24.0 Å². The zero-order valence-corrected chi connectivity index (χ0v) is 17.1. The molecule has 0 aliphatic heterocycles. The van der Waals surface area contributed by atoms with Crippen LogP contribution in [0.5, 0.6) is 5.75 Å². The SMILES string of the molecule is COc1ccc(N)cc1NC(=O)NC(C(=O)Nc1ccc([N+](=O)[O-])cc1)c1ccccc1. The number of nitrogens with two attached hydrogens (primary N) is 1. The molecule has 3 aromatic rings. The van der Waals surface area contributed by atoms with E-state index in [9.17, 15) is 19.7 Å². The maximum Gasteiger partial charge on any atom is 0.320 e. The van der Waals surface area contributed by atoms with Crippen molar-refractivity contribution >= 4 is 34.7 Å². The van der Waals surface area contributed by atoms with Crippen LogP contribution in [0.25, 0.3) is 0 Å². The van der Waals surface area contributed by atoms with Gasteiger partial charge in [0.1, 0.15) is 11.8 Å². The molecule has 1 atom stereocenters. The molecule has 0 fully saturated rings. The highest BCUT2D eigenvalue weighted by Gasteiger charge is 2.23. The first-order chi connectivity index (χ1) is 15.4. The molecule has 0 spiro atoms. The Bertz CT molecular complexity index is 1120. The van der Waals surface area contributed by atoms with Crippen LogP contribution in [0.3, 0.4) is 0 Å². The fraction of sp³-hybridized carbons (Fsp3) is 0.0909. The predicted molar refractivity (Wildman–Crippen MR) is 120 cm³/mol. The lowest BCUT2D eigenvalue weighted by Gasteiger charge is -2.20. The Hall–Kier alpha value is -4.60. The number of hydrogen-bond acceptors (Lipinski definition) is 6. The average molecular weight is 435 g/mol. The summed E-state index contributed by atoms with van der Waals surface area (Å²) >= 11 is 0. The van der Waals surface area contributed by atoms with Gasteiger partial charge >= 0.3 is 6.03 Å². The van der Waals surface area contributed by atoms with Crippen LogP contribution < -0.4 is 26.4 Å². The molecule has 164 valence electrons. The van der Waals surface area contributed by atoms with E-state index in [4.69, 9.17) is 10.5 Å². The number of anilines is 3. The van der Waals surface area contributed by atoms with Crippen molar-refractivity contribution in [2.75, 3.05) is 23.5 Å². The summed E-state index contributed by atoms with van der Waals surface area (Å²) in [4.78, 5) is 35.9. The van der Waals surface area contributed by atoms with Gasteiger partial charge in [0.05, 0.1) is 17.7 Å². The number of ether oxygens (including phenoxy) is 1. The molecular formula is C22H21N5O5. The van der Waals surface area contributed by atoms with Crippen molar-refractivity contribution in [2.24, 2.45) is 0 Å². The average Bonchev–Trinajstić information content (AvgIpc) is 2.78. The van der Waals surface area contributed by atoms with Crippen LogP contribution in [0.15, 0.2) is 72.8 Å². The van der Waals surface area contributed by atoms with Gasteiger partial charge in [-0.3, -0.25) is 14.9 Å². The van der Waals surface area contributed by atoms with Gasteiger partial charge < -0.3 is 26.4 Å². The van der Waals surface area contributed by atoms with Gasteiger partial charge in [0.15, 0.2) is 0 Å². The number of hydrogen-bond donors (Lipinski definition) is 4. The number of nitrogen functional groups attached to an aromatic ring is 1. The largest absolute Gasteiger partial charge is 0.495 e. The van der Waals surface area contributed by atoms with Crippen molar-refractivity contribution in [2.45, 2.75) is 6.04 Å². The molecule has 0 aliphatic carbocycles. The Morgan fingerprint density at radius 3 is 2.31 bits per heavy atom. The molecule has 10 heteroatoms. The molecule has 3 amide bonds. The van der Waals surface area contributed by atoms with E-state index in [1.807, 2.05) is 0 Å². The van der Waals surface area contributed by atoms with Gasteiger partial charge in [-0.25, -0.2) is 4.79 Å². The van der Waals surface area contributed by atoms with Gasteiger partial charge in [0.2, 0.25) is 0 Å². The molecule has 3 rings (SSSR count). The van der Waals surface area contributed by atoms with Gasteiger partial charge in [-0.1, -0.05) is 30.3 Å². The predicted octanol–water partition coefficient (Wildman–Crippen LogP) is 3.69. The summed E-state index contributed by atoms with van der Waals surface area (Å²) in [5.41, 5.74) is 7.34. The molecule has 32 heavy (non-hydrogen) atoms. The van der Waals surface area contributed by atoms with Crippen molar-refractivity contribution < 1.29 is 19.2 Å². The summed E-state index contributed by atoms with van der Waals surface area (Å²) in [6.45, 7) is 0. The maximum atomic E-state index is 13.0. The minimum Gasteiger partial charge on any atom is -0.495 e. The summed E-state index contributed by atoms with van der Waals surface area (Å²) in [7, 11) is 1.46. The van der Waals surface area contributed by atoms with Crippen molar-refractivity contribution in [3.8, 4) is 5.75 Å². The molecule has 5 N–H and O–H groups in total. The van der Waals surface area contributed by atoms with E-state index in [0.29, 0.717) is 28.4 Å². The molecule has 0 bridgehead atoms. The lowest BCUT2D eigenvalue weighted by atomic mass is 10.1. The van der Waals surface area contributed by atoms with Crippen LogP contribution in [0.2, 0.25) is 0 Å². The Morgan fingerprint density at radius 1 is 1.00 bits per heavy atom. The Balaban J connectivity index is 1.79. The topological polar surface area (TPSA) is 149 Å². The number of nitro benzene ring substituents is 1. The van der Waals surface area contributed by atoms with Crippen molar-refractivity contribution in [3.05, 3.63) is 88.5 Å². The van der Waals surface area contributed by atoms with Crippen LogP contribution in [-0.2, 0) is 4.79 Å². The van der Waals surface area contributed by atoms with Gasteiger partial charge in [0.25, 0.3) is 11.6 Å². The number of amides is 3. The number of benzene rings is 3. The molecule has 0 saturated carbocycles. The van der Waals surface area contributed by atoms with Crippen molar-refractivity contribution in [3.63, 3.8) is 0 Å². The van der Waals surface area contributed by atoms with E-state index in [1.54, 1.807) is 42.5 Å². The van der Waals surface area contributed by atoms with Gasteiger partial charge in [-0.05, 0) is 35.9 Å². The van der Waals surface area contributed by atoms with Crippen LogP contribution >= 0.6 is 0 Å². The normalized spacial score (nSPS) is 11.2. The van der Waals surface area contributed by atoms with Gasteiger partial charge in [-0.15, -0.1) is 0 Å². The van der Waals surface area contributed by atoms with E-state index in [1.165, 1.54) is 37.4 Å². The van der Waals surface area contributed by atoms with E-state index in [0.717, 1.165) is 0 Å². The lowest BCUT2D eigenvalue weighted by Crippen LogP contribution is -2.39. The molecule has 0 heterocycles. The number of carbonyl (C=O) groups is 2. The molecule has 0 radical (unpaired) electrons. The lowest BCUT2D eigenvalue weighted by molar-refractivity contribution is -0.384. The van der Waals surface area contributed by atoms with Crippen LogP contribution in [0, 0.1) is 10.1 Å². The maximum absolute atomic E-state index is 13.0. The first-order valence-corrected chi connectivity index (χ1v) is 9.48. The second-order valence-electron chi connectivity index (χ2n) is 6.70. The van der Waals surface area contributed by atoms with Crippen molar-refractivity contribution in [1.82, 2.24) is 5.32 Å². The number of nitrogens with zero attached hydrogens (tertiary/aromatic N) is 1. The summed E-state index contributed by atoms with van der Waals surface area (Å²) in [5, 5.41) is 18.7. The number of non-ortho nitro benzene ring substituents is 1. The van der Waals surface area contributed by atoms with Crippen LogP contribution in [0.1, 0.15) is 11.6 Å². The summed E-state index contributed by atoms with van der Waals surface area (Å²) < 4.78 is 5.22. The fourth-order valence-corrected chi connectivity index (χ4v) is 2.94. The summed E-state index contributed by atoms with van der Waals surface area (Å²) in [6.07, 6.45) is 0. The minimum absolute atomic E-state index is 0.101. The third kappa shape index (κ3) is 5.51. The first kappa shape index (κ1) is 22.1. The Morgan fingerprint density at radius 2 is 1.69 bits per heavy atom. The smallest absolute Gasteiger partial charge is 0.320 e. The molecule has 0 saturated heterocycles. The fourth-order valence-electron chi connectivity index (χ4n) is 2.94. The molecule has 1 unspecified atom stereocenters. The number of urea groups is 1. The van der Waals surface area contributed by atoms with Crippen molar-refractivity contribution in [1.29, 1.82) is 0 Å². The third-order valence-electron chi connectivity index (χ3n) is 4.49. The molecule has 3 aromatic carbocycles.